The Kier molecular flexibility index (Phi) is 23.2. The third-order valence-electron chi connectivity index (χ3n) is 3.47. The average Bonchev–Trinajstić information content (AvgIpc) is 3.26. The van der Waals surface area contributed by atoms with Crippen LogP contribution in [0.4, 0.5) is 0 Å². The molecule has 12 N–H and O–H groups in total. The minimum Gasteiger partial charge on any atom is -0.481 e. The quantitative estimate of drug-likeness (QED) is 0.166. The summed E-state index contributed by atoms with van der Waals surface area (Å²) < 4.78 is 0. The number of nitrogens with one attached hydrogen (secondary N) is 1. The molecule has 0 aromatic heterocycles. The number of carboxylic acids is 5. The standard InChI is InChI=1S/C5H9NO4.C5H11NO2S.C5H9NO2.C2H5NO2/c6-3(5(9)10)1-2-4(7)8;1-9-3-2-4(6)5(7)8;7-5(8)4-2-1-3-6-4;3-1-2(4)5/h3H,1-2,6H2,(H,7,8)(H,9,10);4H,2-3,6H2,1H3,(H,7,8);4,6H,1-3H2,(H,7,8);1,3H2,(H,4,5)/t3-;2*4-;/m000./s1. The van der Waals surface area contributed by atoms with Crippen LogP contribution in [-0.2, 0) is 24.0 Å². The Morgan fingerprint density at radius 1 is 0.938 bits per heavy atom. The number of rotatable bonds is 10. The van der Waals surface area contributed by atoms with Crippen molar-refractivity contribution in [2.24, 2.45) is 17.2 Å². The van der Waals surface area contributed by atoms with Crippen molar-refractivity contribution in [2.45, 2.75) is 50.2 Å². The van der Waals surface area contributed by atoms with E-state index in [9.17, 15) is 24.0 Å². The molecular formula is C17H34N4O10S. The van der Waals surface area contributed by atoms with E-state index in [0.29, 0.717) is 6.42 Å². The van der Waals surface area contributed by atoms with E-state index in [0.717, 1.165) is 25.1 Å². The van der Waals surface area contributed by atoms with Crippen LogP contribution in [0.5, 0.6) is 0 Å². The Morgan fingerprint density at radius 2 is 1.41 bits per heavy atom. The zero-order valence-electron chi connectivity index (χ0n) is 17.8. The first-order valence-electron chi connectivity index (χ1n) is 9.35. The fourth-order valence-corrected chi connectivity index (χ4v) is 2.16. The maximum atomic E-state index is 10.1. The Hall–Kier alpha value is -2.46. The van der Waals surface area contributed by atoms with Crippen molar-refractivity contribution >= 4 is 41.6 Å². The summed E-state index contributed by atoms with van der Waals surface area (Å²) in [6.45, 7) is 0.580. The van der Waals surface area contributed by atoms with Crippen molar-refractivity contribution in [2.75, 3.05) is 25.1 Å². The summed E-state index contributed by atoms with van der Waals surface area (Å²) in [7, 11) is 0. The van der Waals surface area contributed by atoms with Crippen LogP contribution in [0.1, 0.15) is 32.1 Å². The zero-order chi connectivity index (χ0) is 25.7. The van der Waals surface area contributed by atoms with E-state index in [1.807, 2.05) is 6.26 Å². The second kappa shape index (κ2) is 21.8. The van der Waals surface area contributed by atoms with Gasteiger partial charge >= 0.3 is 29.8 Å². The first-order chi connectivity index (χ1) is 14.8. The van der Waals surface area contributed by atoms with Gasteiger partial charge in [-0.3, -0.25) is 24.0 Å². The van der Waals surface area contributed by atoms with Gasteiger partial charge in [0.25, 0.3) is 0 Å². The van der Waals surface area contributed by atoms with Gasteiger partial charge in [0.15, 0.2) is 0 Å². The highest BCUT2D eigenvalue weighted by Gasteiger charge is 2.20. The molecule has 0 aromatic carbocycles. The Morgan fingerprint density at radius 3 is 1.66 bits per heavy atom. The first kappa shape index (κ1) is 34.2. The smallest absolute Gasteiger partial charge is 0.320 e. The molecule has 1 heterocycles. The van der Waals surface area contributed by atoms with Crippen molar-refractivity contribution in [1.82, 2.24) is 5.32 Å². The van der Waals surface area contributed by atoms with Crippen LogP contribution >= 0.6 is 11.8 Å². The lowest BCUT2D eigenvalue weighted by Gasteiger charge is -2.02. The van der Waals surface area contributed by atoms with E-state index in [1.165, 1.54) is 0 Å². The van der Waals surface area contributed by atoms with E-state index in [2.05, 4.69) is 11.1 Å². The topological polar surface area (TPSA) is 277 Å². The number of carboxylic acid groups (broad SMARTS) is 5. The molecule has 0 saturated carbocycles. The van der Waals surface area contributed by atoms with Gasteiger partial charge in [0.1, 0.15) is 18.1 Å². The Labute approximate surface area is 189 Å². The number of nitrogens with two attached hydrogens (primary N) is 3. The fraction of sp³-hybridized carbons (Fsp3) is 0.706. The highest BCUT2D eigenvalue weighted by molar-refractivity contribution is 7.98. The van der Waals surface area contributed by atoms with E-state index in [1.54, 1.807) is 11.8 Å². The molecule has 32 heavy (non-hydrogen) atoms. The molecular weight excluding hydrogens is 452 g/mol. The summed E-state index contributed by atoms with van der Waals surface area (Å²) in [6, 6.07) is -2.01. The van der Waals surface area contributed by atoms with Gasteiger partial charge in [0.05, 0.1) is 6.54 Å². The Bertz CT molecular complexity index is 574. The number of aliphatic carboxylic acids is 5. The van der Waals surface area contributed by atoms with Crippen molar-refractivity contribution < 1.29 is 49.5 Å². The maximum absolute atomic E-state index is 10.1. The summed E-state index contributed by atoms with van der Waals surface area (Å²) >= 11 is 1.60. The Balaban J connectivity index is -0.000000359. The molecule has 1 saturated heterocycles. The summed E-state index contributed by atoms with van der Waals surface area (Å²) in [5, 5.41) is 43.4. The molecule has 1 aliphatic heterocycles. The average molecular weight is 487 g/mol. The van der Waals surface area contributed by atoms with Crippen LogP contribution in [0.25, 0.3) is 0 Å². The number of hydrogen-bond donors (Lipinski definition) is 9. The lowest BCUT2D eigenvalue weighted by molar-refractivity contribution is -0.141. The van der Waals surface area contributed by atoms with Gasteiger partial charge in [0.2, 0.25) is 0 Å². The van der Waals surface area contributed by atoms with Crippen LogP contribution in [0.3, 0.4) is 0 Å². The normalized spacial score (nSPS) is 15.8. The molecule has 0 bridgehead atoms. The number of thioether (sulfide) groups is 1. The summed E-state index contributed by atoms with van der Waals surface area (Å²) in [5.74, 6) is -3.98. The largest absolute Gasteiger partial charge is 0.481 e. The van der Waals surface area contributed by atoms with Crippen LogP contribution in [0.2, 0.25) is 0 Å². The van der Waals surface area contributed by atoms with Gasteiger partial charge in [-0.15, -0.1) is 0 Å². The van der Waals surface area contributed by atoms with Gasteiger partial charge in [-0.2, -0.15) is 11.8 Å². The third-order valence-corrected chi connectivity index (χ3v) is 4.11. The van der Waals surface area contributed by atoms with Crippen LogP contribution in [0, 0.1) is 0 Å². The fourth-order valence-electron chi connectivity index (χ4n) is 1.67. The third kappa shape index (κ3) is 25.6. The van der Waals surface area contributed by atoms with E-state index in [4.69, 9.17) is 37.0 Å². The van der Waals surface area contributed by atoms with E-state index >= 15 is 0 Å². The molecule has 15 heteroatoms. The SMILES string of the molecule is CSCC[C@H](N)C(=O)O.NCC(=O)O.N[C@@H](CCC(=O)O)C(=O)O.O=C(O)[C@@H]1CCCN1. The van der Waals surface area contributed by atoms with Crippen molar-refractivity contribution in [3.63, 3.8) is 0 Å². The second-order valence-electron chi connectivity index (χ2n) is 6.19. The molecule has 3 atom stereocenters. The molecule has 188 valence electrons. The van der Waals surface area contributed by atoms with Crippen LogP contribution in [0.15, 0.2) is 0 Å². The molecule has 0 aliphatic carbocycles. The van der Waals surface area contributed by atoms with Gasteiger partial charge in [-0.05, 0) is 44.2 Å². The molecule has 0 unspecified atom stereocenters. The van der Waals surface area contributed by atoms with Gasteiger partial charge < -0.3 is 48.1 Å². The molecule has 1 aliphatic rings. The summed E-state index contributed by atoms with van der Waals surface area (Å²) in [6.07, 6.45) is 4.04. The first-order valence-corrected chi connectivity index (χ1v) is 10.7. The van der Waals surface area contributed by atoms with Crippen LogP contribution < -0.4 is 22.5 Å². The molecule has 1 rings (SSSR count). The van der Waals surface area contributed by atoms with E-state index < -0.39 is 41.9 Å². The molecule has 0 amide bonds. The zero-order valence-corrected chi connectivity index (χ0v) is 18.6. The highest BCUT2D eigenvalue weighted by Crippen LogP contribution is 2.03. The van der Waals surface area contributed by atoms with Crippen molar-refractivity contribution in [1.29, 1.82) is 0 Å². The van der Waals surface area contributed by atoms with Crippen molar-refractivity contribution in [3.05, 3.63) is 0 Å². The van der Waals surface area contributed by atoms with E-state index in [-0.39, 0.29) is 25.4 Å². The molecule has 1 fully saturated rings. The van der Waals surface area contributed by atoms with Crippen molar-refractivity contribution in [3.8, 4) is 0 Å². The number of carbonyl (C=O) groups is 5. The summed E-state index contributed by atoms with van der Waals surface area (Å²) in [4.78, 5) is 49.3. The molecule has 0 spiro atoms. The lowest BCUT2D eigenvalue weighted by Crippen LogP contribution is -2.30. The lowest BCUT2D eigenvalue weighted by atomic mass is 10.2. The monoisotopic (exact) mass is 486 g/mol. The minimum absolute atomic E-state index is 0.0231. The highest BCUT2D eigenvalue weighted by atomic mass is 32.2. The summed E-state index contributed by atoms with van der Waals surface area (Å²) in [5.41, 5.74) is 14.8. The van der Waals surface area contributed by atoms with Gasteiger partial charge in [-0.25, -0.2) is 0 Å². The van der Waals surface area contributed by atoms with Crippen LogP contribution in [-0.4, -0.2) is 98.6 Å². The predicted octanol–water partition coefficient (Wildman–Crippen LogP) is -1.73. The second-order valence-corrected chi connectivity index (χ2v) is 7.17. The minimum atomic E-state index is -1.17. The molecule has 0 radical (unpaired) electrons. The van der Waals surface area contributed by atoms with Gasteiger partial charge in [-0.1, -0.05) is 0 Å². The predicted molar refractivity (Wildman–Crippen MR) is 116 cm³/mol. The van der Waals surface area contributed by atoms with Gasteiger partial charge in [0, 0.05) is 6.42 Å². The maximum Gasteiger partial charge on any atom is 0.320 e. The molecule has 0 aromatic rings. The number of hydrogen-bond acceptors (Lipinski definition) is 10. The molecule has 14 nitrogen and oxygen atoms in total.